The fourth-order valence-electron chi connectivity index (χ4n) is 2.66. The van der Waals surface area contributed by atoms with Gasteiger partial charge in [0.1, 0.15) is 0 Å². The summed E-state index contributed by atoms with van der Waals surface area (Å²) < 4.78 is 0. The Kier molecular flexibility index (Phi) is 4.31. The van der Waals surface area contributed by atoms with Crippen molar-refractivity contribution in [2.75, 3.05) is 11.1 Å². The lowest BCUT2D eigenvalue weighted by atomic mass is 10.2. The summed E-state index contributed by atoms with van der Waals surface area (Å²) in [5.41, 5.74) is 2.47. The number of hydrogen-bond acceptors (Lipinski definition) is 4. The zero-order chi connectivity index (χ0) is 17.1. The third-order valence-corrected chi connectivity index (χ3v) is 4.76. The summed E-state index contributed by atoms with van der Waals surface area (Å²) in [5, 5.41) is 5.88. The number of pyridine rings is 2. The average Bonchev–Trinajstić information content (AvgIpc) is 2.66. The molecule has 1 N–H and O–H groups in total. The smallest absolute Gasteiger partial charge is 0.234 e. The Morgan fingerprint density at radius 2 is 1.76 bits per heavy atom. The van der Waals surface area contributed by atoms with Gasteiger partial charge in [0.2, 0.25) is 5.91 Å². The minimum Gasteiger partial charge on any atom is -0.323 e. The van der Waals surface area contributed by atoms with Crippen LogP contribution in [0.4, 0.5) is 5.69 Å². The highest BCUT2D eigenvalue weighted by Gasteiger charge is 2.08. The summed E-state index contributed by atoms with van der Waals surface area (Å²) in [5.74, 6) is 0.229. The lowest BCUT2D eigenvalue weighted by Gasteiger charge is -2.08. The van der Waals surface area contributed by atoms with Gasteiger partial charge in [-0.15, -0.1) is 0 Å². The molecule has 1 amide bonds. The number of nitrogens with zero attached hydrogens (tertiary/aromatic N) is 2. The highest BCUT2D eigenvalue weighted by atomic mass is 32.2. The van der Waals surface area contributed by atoms with Crippen molar-refractivity contribution >= 4 is 45.2 Å². The van der Waals surface area contributed by atoms with Gasteiger partial charge in [-0.05, 0) is 24.3 Å². The van der Waals surface area contributed by atoms with Crippen LogP contribution >= 0.6 is 11.8 Å². The van der Waals surface area contributed by atoms with E-state index >= 15 is 0 Å². The summed E-state index contributed by atoms with van der Waals surface area (Å²) >= 11 is 1.42. The number of anilines is 1. The fraction of sp³-hybridized carbons (Fsp3) is 0.0500. The Morgan fingerprint density at radius 1 is 0.920 bits per heavy atom. The molecule has 0 saturated carbocycles. The maximum absolute atomic E-state index is 12.3. The molecule has 25 heavy (non-hydrogen) atoms. The molecule has 0 aliphatic heterocycles. The Labute approximate surface area is 149 Å². The van der Waals surface area contributed by atoms with E-state index in [9.17, 15) is 4.79 Å². The summed E-state index contributed by atoms with van der Waals surface area (Å²) in [6, 6.07) is 21.5. The largest absolute Gasteiger partial charge is 0.323 e. The molecule has 4 aromatic rings. The van der Waals surface area contributed by atoms with Crippen LogP contribution in [0.15, 0.2) is 78.0 Å². The third-order valence-electron chi connectivity index (χ3n) is 3.83. The van der Waals surface area contributed by atoms with Crippen molar-refractivity contribution in [2.45, 2.75) is 5.03 Å². The van der Waals surface area contributed by atoms with Crippen molar-refractivity contribution in [3.8, 4) is 0 Å². The minimum absolute atomic E-state index is 0.0712. The van der Waals surface area contributed by atoms with Gasteiger partial charge >= 0.3 is 0 Å². The second-order valence-electron chi connectivity index (χ2n) is 5.56. The van der Waals surface area contributed by atoms with Gasteiger partial charge in [-0.3, -0.25) is 9.78 Å². The molecule has 0 fully saturated rings. The molecule has 2 heterocycles. The van der Waals surface area contributed by atoms with Crippen LogP contribution in [0.1, 0.15) is 0 Å². The van der Waals surface area contributed by atoms with Gasteiger partial charge in [-0.1, -0.05) is 54.2 Å². The second-order valence-corrected chi connectivity index (χ2v) is 6.56. The first-order chi connectivity index (χ1) is 12.3. The van der Waals surface area contributed by atoms with E-state index < -0.39 is 0 Å². The molecule has 5 heteroatoms. The number of rotatable bonds is 4. The average molecular weight is 345 g/mol. The lowest BCUT2D eigenvalue weighted by Crippen LogP contribution is -2.14. The fourth-order valence-corrected chi connectivity index (χ4v) is 3.34. The van der Waals surface area contributed by atoms with E-state index in [0.717, 1.165) is 32.5 Å². The highest BCUT2D eigenvalue weighted by Crippen LogP contribution is 2.23. The maximum Gasteiger partial charge on any atom is 0.234 e. The molecule has 0 saturated heterocycles. The second kappa shape index (κ2) is 6.91. The monoisotopic (exact) mass is 345 g/mol. The van der Waals surface area contributed by atoms with Crippen LogP contribution in [0.5, 0.6) is 0 Å². The number of carbonyl (C=O) groups excluding carboxylic acids is 1. The quantitative estimate of drug-likeness (QED) is 0.553. The molecule has 4 rings (SSSR count). The van der Waals surface area contributed by atoms with Gasteiger partial charge in [0, 0.05) is 17.0 Å². The van der Waals surface area contributed by atoms with Gasteiger partial charge in [-0.2, -0.15) is 0 Å². The summed E-state index contributed by atoms with van der Waals surface area (Å²) in [4.78, 5) is 21.2. The Bertz CT molecular complexity index is 1060. The zero-order valence-corrected chi connectivity index (χ0v) is 14.2. The van der Waals surface area contributed by atoms with E-state index in [1.165, 1.54) is 11.8 Å². The van der Waals surface area contributed by atoms with Crippen molar-refractivity contribution in [3.05, 3.63) is 72.9 Å². The Balaban J connectivity index is 1.46. The number of carbonyl (C=O) groups is 1. The van der Waals surface area contributed by atoms with Crippen LogP contribution < -0.4 is 5.32 Å². The summed E-state index contributed by atoms with van der Waals surface area (Å²) in [6.45, 7) is 0. The molecule has 0 unspecified atom stereocenters. The maximum atomic E-state index is 12.3. The number of aromatic nitrogens is 2. The van der Waals surface area contributed by atoms with Gasteiger partial charge in [0.15, 0.2) is 0 Å². The molecule has 0 spiro atoms. The van der Waals surface area contributed by atoms with Crippen LogP contribution in [-0.2, 0) is 4.79 Å². The molecular formula is C20H15N3OS. The normalized spacial score (nSPS) is 10.9. The predicted octanol–water partition coefficient (Wildman–Crippen LogP) is 4.51. The number of hydrogen-bond donors (Lipinski definition) is 1. The van der Waals surface area contributed by atoms with Gasteiger partial charge in [-0.25, -0.2) is 4.98 Å². The number of para-hydroxylation sites is 2. The minimum atomic E-state index is -0.0712. The van der Waals surface area contributed by atoms with Crippen molar-refractivity contribution in [1.82, 2.24) is 9.97 Å². The van der Waals surface area contributed by atoms with Crippen LogP contribution in [0.3, 0.4) is 0 Å². The molecule has 0 aliphatic carbocycles. The first-order valence-electron chi connectivity index (χ1n) is 7.92. The SMILES string of the molecule is O=C(CSc1ccc2ccccc2n1)Nc1cccc2cccnc12. The molecule has 2 aromatic heterocycles. The summed E-state index contributed by atoms with van der Waals surface area (Å²) in [6.07, 6.45) is 1.73. The van der Waals surface area contributed by atoms with E-state index in [-0.39, 0.29) is 5.91 Å². The number of benzene rings is 2. The standard InChI is InChI=1S/C20H15N3OS/c24-18(22-17-9-3-6-15-7-4-12-21-20(15)17)13-25-19-11-10-14-5-1-2-8-16(14)23-19/h1-12H,13H2,(H,22,24). The number of amides is 1. The van der Waals surface area contributed by atoms with E-state index in [1.807, 2.05) is 66.7 Å². The molecule has 0 atom stereocenters. The molecule has 0 radical (unpaired) electrons. The van der Waals surface area contributed by atoms with Crippen LogP contribution in [0, 0.1) is 0 Å². The third kappa shape index (κ3) is 3.46. The Morgan fingerprint density at radius 3 is 2.72 bits per heavy atom. The van der Waals surface area contributed by atoms with E-state index in [0.29, 0.717) is 5.75 Å². The van der Waals surface area contributed by atoms with Crippen molar-refractivity contribution in [3.63, 3.8) is 0 Å². The molecule has 122 valence electrons. The first-order valence-corrected chi connectivity index (χ1v) is 8.90. The van der Waals surface area contributed by atoms with E-state index in [1.54, 1.807) is 6.20 Å². The van der Waals surface area contributed by atoms with Crippen molar-refractivity contribution < 1.29 is 4.79 Å². The molecular weight excluding hydrogens is 330 g/mol. The lowest BCUT2D eigenvalue weighted by molar-refractivity contribution is -0.113. The number of fused-ring (bicyclic) bond motifs is 2. The summed E-state index contributed by atoms with van der Waals surface area (Å²) in [7, 11) is 0. The van der Waals surface area contributed by atoms with E-state index in [4.69, 9.17) is 0 Å². The first kappa shape index (κ1) is 15.6. The number of thioether (sulfide) groups is 1. The van der Waals surface area contributed by atoms with Gasteiger partial charge < -0.3 is 5.32 Å². The van der Waals surface area contributed by atoms with Crippen molar-refractivity contribution in [1.29, 1.82) is 0 Å². The molecule has 0 bridgehead atoms. The Hall–Kier alpha value is -2.92. The van der Waals surface area contributed by atoms with Crippen molar-refractivity contribution in [2.24, 2.45) is 0 Å². The van der Waals surface area contributed by atoms with E-state index in [2.05, 4.69) is 15.3 Å². The molecule has 2 aromatic carbocycles. The van der Waals surface area contributed by atoms with Crippen LogP contribution in [-0.4, -0.2) is 21.6 Å². The van der Waals surface area contributed by atoms with Gasteiger partial charge in [0.25, 0.3) is 0 Å². The van der Waals surface area contributed by atoms with Crippen LogP contribution in [0.2, 0.25) is 0 Å². The molecule has 4 nitrogen and oxygen atoms in total. The topological polar surface area (TPSA) is 54.9 Å². The molecule has 0 aliphatic rings. The van der Waals surface area contributed by atoms with Crippen LogP contribution in [0.25, 0.3) is 21.8 Å². The predicted molar refractivity (Wildman–Crippen MR) is 103 cm³/mol. The van der Waals surface area contributed by atoms with Gasteiger partial charge in [0.05, 0.1) is 27.5 Å². The number of nitrogens with one attached hydrogen (secondary N) is 1. The zero-order valence-electron chi connectivity index (χ0n) is 13.3. The highest BCUT2D eigenvalue weighted by molar-refractivity contribution is 7.99.